The first-order valence-electron chi connectivity index (χ1n) is 7.36. The summed E-state index contributed by atoms with van der Waals surface area (Å²) in [4.78, 5) is 2.65. The van der Waals surface area contributed by atoms with E-state index in [-0.39, 0.29) is 0 Å². The second kappa shape index (κ2) is 7.93. The van der Waals surface area contributed by atoms with Gasteiger partial charge < -0.3 is 5.32 Å². The van der Waals surface area contributed by atoms with Crippen molar-refractivity contribution >= 4 is 11.3 Å². The van der Waals surface area contributed by atoms with Crippen molar-refractivity contribution in [3.8, 4) is 0 Å². The highest BCUT2D eigenvalue weighted by molar-refractivity contribution is 7.07. The molecule has 1 fully saturated rings. The number of hydrogen-bond donors (Lipinski definition) is 1. The molecular formula is C15H26N2S. The predicted octanol–water partition coefficient (Wildman–Crippen LogP) is 3.49. The minimum absolute atomic E-state index is 0.863. The van der Waals surface area contributed by atoms with Crippen LogP contribution in [0, 0.1) is 0 Å². The van der Waals surface area contributed by atoms with Gasteiger partial charge in [0, 0.05) is 25.7 Å². The maximum atomic E-state index is 3.57. The maximum absolute atomic E-state index is 3.57. The lowest BCUT2D eigenvalue weighted by Gasteiger charge is -2.21. The first-order valence-corrected chi connectivity index (χ1v) is 8.30. The summed E-state index contributed by atoms with van der Waals surface area (Å²) in [6.07, 6.45) is 6.80. The second-order valence-corrected chi connectivity index (χ2v) is 6.07. The van der Waals surface area contributed by atoms with Crippen molar-refractivity contribution in [2.24, 2.45) is 0 Å². The lowest BCUT2D eigenvalue weighted by Crippen LogP contribution is -2.33. The Kier molecular flexibility index (Phi) is 6.18. The van der Waals surface area contributed by atoms with Crippen molar-refractivity contribution in [3.05, 3.63) is 22.4 Å². The molecule has 1 aromatic rings. The van der Waals surface area contributed by atoms with Crippen LogP contribution in [0.4, 0.5) is 0 Å². The zero-order valence-electron chi connectivity index (χ0n) is 11.5. The lowest BCUT2D eigenvalue weighted by atomic mass is 10.2. The second-order valence-electron chi connectivity index (χ2n) is 5.29. The van der Waals surface area contributed by atoms with Crippen LogP contribution in [0.15, 0.2) is 16.8 Å². The average molecular weight is 266 g/mol. The van der Waals surface area contributed by atoms with Gasteiger partial charge in [-0.05, 0) is 48.2 Å². The van der Waals surface area contributed by atoms with Gasteiger partial charge in [0.15, 0.2) is 0 Å². The molecule has 18 heavy (non-hydrogen) atoms. The van der Waals surface area contributed by atoms with Crippen LogP contribution in [0.2, 0.25) is 0 Å². The van der Waals surface area contributed by atoms with Crippen LogP contribution in [0.1, 0.15) is 44.6 Å². The molecule has 1 heterocycles. The summed E-state index contributed by atoms with van der Waals surface area (Å²) in [5, 5.41) is 8.04. The van der Waals surface area contributed by atoms with Gasteiger partial charge in [-0.25, -0.2) is 0 Å². The Labute approximate surface area is 115 Å². The zero-order chi connectivity index (χ0) is 12.6. The fourth-order valence-corrected chi connectivity index (χ4v) is 2.96. The van der Waals surface area contributed by atoms with Crippen LogP contribution in [0.3, 0.4) is 0 Å². The van der Waals surface area contributed by atoms with Crippen LogP contribution in [0.5, 0.6) is 0 Å². The largest absolute Gasteiger partial charge is 0.315 e. The van der Waals surface area contributed by atoms with E-state index >= 15 is 0 Å². The van der Waals surface area contributed by atoms with Gasteiger partial charge in [0.1, 0.15) is 0 Å². The number of nitrogens with zero attached hydrogens (tertiary/aromatic N) is 1. The molecule has 1 saturated carbocycles. The molecule has 0 aromatic carbocycles. The molecule has 0 saturated heterocycles. The third-order valence-corrected chi connectivity index (χ3v) is 4.29. The molecule has 1 N–H and O–H groups in total. The van der Waals surface area contributed by atoms with E-state index in [2.05, 4.69) is 34.0 Å². The number of hydrogen-bond acceptors (Lipinski definition) is 3. The molecule has 0 atom stereocenters. The minimum atomic E-state index is 0.863. The highest BCUT2D eigenvalue weighted by atomic mass is 32.1. The summed E-state index contributed by atoms with van der Waals surface area (Å²) < 4.78 is 0. The van der Waals surface area contributed by atoms with E-state index in [9.17, 15) is 0 Å². The molecule has 0 aliphatic heterocycles. The molecular weight excluding hydrogens is 240 g/mol. The third-order valence-electron chi connectivity index (χ3n) is 3.56. The van der Waals surface area contributed by atoms with Crippen LogP contribution < -0.4 is 5.32 Å². The van der Waals surface area contributed by atoms with Crippen molar-refractivity contribution in [1.29, 1.82) is 0 Å². The number of unbranched alkanes of at least 4 members (excludes halogenated alkanes) is 2. The van der Waals surface area contributed by atoms with Crippen molar-refractivity contribution < 1.29 is 0 Å². The Hall–Kier alpha value is -0.380. The summed E-state index contributed by atoms with van der Waals surface area (Å²) in [7, 11) is 0. The van der Waals surface area contributed by atoms with Crippen LogP contribution in [0.25, 0.3) is 0 Å². The summed E-state index contributed by atoms with van der Waals surface area (Å²) in [5.41, 5.74) is 1.48. The van der Waals surface area contributed by atoms with Crippen molar-refractivity contribution in [2.75, 3.05) is 19.6 Å². The van der Waals surface area contributed by atoms with Gasteiger partial charge in [-0.2, -0.15) is 11.3 Å². The number of thiophene rings is 1. The highest BCUT2D eigenvalue weighted by Crippen LogP contribution is 2.28. The minimum Gasteiger partial charge on any atom is -0.315 e. The van der Waals surface area contributed by atoms with E-state index in [0.29, 0.717) is 0 Å². The zero-order valence-corrected chi connectivity index (χ0v) is 12.3. The first kappa shape index (κ1) is 14.0. The Bertz CT molecular complexity index is 306. The Morgan fingerprint density at radius 2 is 2.22 bits per heavy atom. The van der Waals surface area contributed by atoms with Gasteiger partial charge >= 0.3 is 0 Å². The molecule has 0 radical (unpaired) electrons. The van der Waals surface area contributed by atoms with Crippen molar-refractivity contribution in [2.45, 2.75) is 51.6 Å². The summed E-state index contributed by atoms with van der Waals surface area (Å²) in [6.45, 7) is 6.93. The van der Waals surface area contributed by atoms with E-state index < -0.39 is 0 Å². The van der Waals surface area contributed by atoms with E-state index in [4.69, 9.17) is 0 Å². The summed E-state index contributed by atoms with van der Waals surface area (Å²) in [5.74, 6) is 0. The molecule has 2 rings (SSSR count). The van der Waals surface area contributed by atoms with E-state index in [1.54, 1.807) is 0 Å². The number of nitrogens with one attached hydrogen (secondary N) is 1. The smallest absolute Gasteiger partial charge is 0.0245 e. The SMILES string of the molecule is CCCCCNCCN(Cc1ccsc1)C1CC1. The molecule has 102 valence electrons. The monoisotopic (exact) mass is 266 g/mol. The molecule has 3 heteroatoms. The first-order chi connectivity index (χ1) is 8.90. The van der Waals surface area contributed by atoms with Gasteiger partial charge in [-0.15, -0.1) is 0 Å². The van der Waals surface area contributed by atoms with Gasteiger partial charge in [0.25, 0.3) is 0 Å². The lowest BCUT2D eigenvalue weighted by molar-refractivity contribution is 0.255. The van der Waals surface area contributed by atoms with Gasteiger partial charge in [-0.1, -0.05) is 19.8 Å². The standard InChI is InChI=1S/C15H26N2S/c1-2-3-4-8-16-9-10-17(15-5-6-15)12-14-7-11-18-13-14/h7,11,13,15-16H,2-6,8-10,12H2,1H3. The topological polar surface area (TPSA) is 15.3 Å². The predicted molar refractivity (Wildman–Crippen MR) is 80.1 cm³/mol. The highest BCUT2D eigenvalue weighted by Gasteiger charge is 2.28. The number of rotatable bonds is 10. The molecule has 1 aromatic heterocycles. The van der Waals surface area contributed by atoms with Crippen LogP contribution in [-0.4, -0.2) is 30.6 Å². The van der Waals surface area contributed by atoms with Gasteiger partial charge in [0.2, 0.25) is 0 Å². The van der Waals surface area contributed by atoms with Gasteiger partial charge in [-0.3, -0.25) is 4.90 Å². The third kappa shape index (κ3) is 5.09. The van der Waals surface area contributed by atoms with Crippen molar-refractivity contribution in [1.82, 2.24) is 10.2 Å². The van der Waals surface area contributed by atoms with Crippen LogP contribution in [-0.2, 0) is 6.54 Å². The molecule has 1 aliphatic rings. The Balaban J connectivity index is 1.61. The molecule has 0 bridgehead atoms. The normalized spacial score (nSPS) is 15.4. The molecule has 0 amide bonds. The fourth-order valence-electron chi connectivity index (χ4n) is 2.30. The van der Waals surface area contributed by atoms with E-state index in [0.717, 1.165) is 19.1 Å². The summed E-state index contributed by atoms with van der Waals surface area (Å²) in [6, 6.07) is 3.12. The Morgan fingerprint density at radius 3 is 2.89 bits per heavy atom. The average Bonchev–Trinajstić information content (AvgIpc) is 3.10. The van der Waals surface area contributed by atoms with E-state index in [1.165, 1.54) is 50.8 Å². The maximum Gasteiger partial charge on any atom is 0.0245 e. The Morgan fingerprint density at radius 1 is 1.33 bits per heavy atom. The van der Waals surface area contributed by atoms with Crippen LogP contribution >= 0.6 is 11.3 Å². The molecule has 2 nitrogen and oxygen atoms in total. The quantitative estimate of drug-likeness (QED) is 0.652. The summed E-state index contributed by atoms with van der Waals surface area (Å²) >= 11 is 1.81. The molecule has 0 spiro atoms. The van der Waals surface area contributed by atoms with Crippen molar-refractivity contribution in [3.63, 3.8) is 0 Å². The molecule has 0 unspecified atom stereocenters. The fraction of sp³-hybridized carbons (Fsp3) is 0.733. The van der Waals surface area contributed by atoms with Gasteiger partial charge in [0.05, 0.1) is 0 Å². The van der Waals surface area contributed by atoms with E-state index in [1.807, 2.05) is 11.3 Å². The molecule has 1 aliphatic carbocycles.